The van der Waals surface area contributed by atoms with Crippen LogP contribution in [0.5, 0.6) is 0 Å². The number of urea groups is 1. The van der Waals surface area contributed by atoms with Crippen LogP contribution in [0.1, 0.15) is 20.3 Å². The number of aromatic nitrogens is 1. The van der Waals surface area contributed by atoms with E-state index in [9.17, 15) is 9.59 Å². The number of carbonyl (C=O) groups is 2. The molecule has 7 nitrogen and oxygen atoms in total. The molecule has 1 heterocycles. The maximum absolute atomic E-state index is 12.0. The summed E-state index contributed by atoms with van der Waals surface area (Å²) in [6.45, 7) is 3.86. The Balaban J connectivity index is 2.66. The molecule has 0 aromatic carbocycles. The molecule has 0 bridgehead atoms. The summed E-state index contributed by atoms with van der Waals surface area (Å²) in [5, 5.41) is 6.16. The van der Waals surface area contributed by atoms with E-state index in [4.69, 9.17) is 0 Å². The summed E-state index contributed by atoms with van der Waals surface area (Å²) >= 11 is 0. The number of carbonyl (C=O) groups excluding carboxylic acids is 2. The zero-order valence-electron chi connectivity index (χ0n) is 11.7. The molecule has 106 valence electrons. The van der Waals surface area contributed by atoms with E-state index >= 15 is 0 Å². The van der Waals surface area contributed by atoms with Gasteiger partial charge in [-0.25, -0.2) is 4.79 Å². The van der Waals surface area contributed by atoms with Crippen molar-refractivity contribution in [3.8, 4) is 0 Å². The van der Waals surface area contributed by atoms with Gasteiger partial charge in [0, 0.05) is 26.2 Å². The van der Waals surface area contributed by atoms with Crippen LogP contribution in [-0.2, 0) is 4.79 Å². The fourth-order valence-corrected chi connectivity index (χ4v) is 1.50. The van der Waals surface area contributed by atoms with Crippen molar-refractivity contribution in [2.45, 2.75) is 26.3 Å². The number of nitrogens with zero attached hydrogens (tertiary/aromatic N) is 3. The van der Waals surface area contributed by atoms with E-state index in [1.165, 1.54) is 16.1 Å². The molecule has 1 atom stereocenters. The van der Waals surface area contributed by atoms with Crippen LogP contribution in [0.4, 0.5) is 10.6 Å². The third kappa shape index (κ3) is 4.27. The van der Waals surface area contributed by atoms with E-state index in [1.54, 1.807) is 20.2 Å². The number of nitrogens with one attached hydrogen (secondary N) is 1. The largest absolute Gasteiger partial charge is 0.363 e. The molecule has 1 N–H and O–H groups in total. The van der Waals surface area contributed by atoms with Crippen LogP contribution in [0.25, 0.3) is 0 Å². The Bertz CT molecular complexity index is 417. The Morgan fingerprint density at radius 1 is 1.47 bits per heavy atom. The van der Waals surface area contributed by atoms with E-state index in [-0.39, 0.29) is 24.5 Å². The number of hydrogen-bond donors (Lipinski definition) is 1. The van der Waals surface area contributed by atoms with Gasteiger partial charge >= 0.3 is 6.03 Å². The average Bonchev–Trinajstić information content (AvgIpc) is 2.86. The van der Waals surface area contributed by atoms with Crippen molar-refractivity contribution in [2.24, 2.45) is 0 Å². The lowest BCUT2D eigenvalue weighted by molar-refractivity contribution is -0.117. The standard InChI is InChI=1S/C12H20N4O3/c1-5-9(2)16(12(18)15(3)4)8-11(17)13-10-6-7-19-14-10/h6-7,9H,5,8H2,1-4H3,(H,13,14,17)/t9-/m1/s1. The van der Waals surface area contributed by atoms with E-state index in [0.29, 0.717) is 5.82 Å². The highest BCUT2D eigenvalue weighted by molar-refractivity contribution is 5.93. The second-order valence-electron chi connectivity index (χ2n) is 4.50. The first-order valence-corrected chi connectivity index (χ1v) is 6.13. The van der Waals surface area contributed by atoms with Crippen molar-refractivity contribution in [1.82, 2.24) is 15.0 Å². The maximum Gasteiger partial charge on any atom is 0.320 e. The lowest BCUT2D eigenvalue weighted by atomic mass is 10.2. The van der Waals surface area contributed by atoms with E-state index in [2.05, 4.69) is 15.0 Å². The third-order valence-corrected chi connectivity index (χ3v) is 2.77. The normalized spacial score (nSPS) is 11.8. The van der Waals surface area contributed by atoms with Gasteiger partial charge in [-0.05, 0) is 13.3 Å². The molecule has 0 saturated carbocycles. The molecule has 1 rings (SSSR count). The summed E-state index contributed by atoms with van der Waals surface area (Å²) in [7, 11) is 3.32. The first-order valence-electron chi connectivity index (χ1n) is 6.13. The first kappa shape index (κ1) is 15.0. The SMILES string of the molecule is CC[C@@H](C)N(CC(=O)Nc1ccon1)C(=O)N(C)C. The second-order valence-corrected chi connectivity index (χ2v) is 4.50. The molecule has 0 spiro atoms. The molecule has 0 unspecified atom stereocenters. The van der Waals surface area contributed by atoms with Crippen LogP contribution in [-0.4, -0.2) is 53.6 Å². The third-order valence-electron chi connectivity index (χ3n) is 2.77. The van der Waals surface area contributed by atoms with Gasteiger partial charge in [-0.1, -0.05) is 12.1 Å². The van der Waals surface area contributed by atoms with Gasteiger partial charge in [0.05, 0.1) is 0 Å². The van der Waals surface area contributed by atoms with Gasteiger partial charge in [-0.15, -0.1) is 0 Å². The minimum Gasteiger partial charge on any atom is -0.363 e. The Morgan fingerprint density at radius 2 is 2.16 bits per heavy atom. The summed E-state index contributed by atoms with van der Waals surface area (Å²) in [4.78, 5) is 26.9. The topological polar surface area (TPSA) is 78.7 Å². The summed E-state index contributed by atoms with van der Waals surface area (Å²) in [6, 6.07) is 1.34. The predicted octanol–water partition coefficient (Wildman–Crippen LogP) is 1.40. The lowest BCUT2D eigenvalue weighted by Gasteiger charge is -2.30. The molecular weight excluding hydrogens is 248 g/mol. The molecule has 1 aromatic rings. The average molecular weight is 268 g/mol. The molecular formula is C12H20N4O3. The molecule has 0 radical (unpaired) electrons. The van der Waals surface area contributed by atoms with E-state index in [1.807, 2.05) is 13.8 Å². The van der Waals surface area contributed by atoms with Crippen LogP contribution in [0.3, 0.4) is 0 Å². The number of rotatable bonds is 5. The van der Waals surface area contributed by atoms with Gasteiger partial charge in [0.2, 0.25) is 5.91 Å². The molecule has 0 fully saturated rings. The summed E-state index contributed by atoms with van der Waals surface area (Å²) in [5.41, 5.74) is 0. The van der Waals surface area contributed by atoms with Gasteiger partial charge < -0.3 is 19.6 Å². The zero-order chi connectivity index (χ0) is 14.4. The van der Waals surface area contributed by atoms with Crippen molar-refractivity contribution in [2.75, 3.05) is 26.0 Å². The van der Waals surface area contributed by atoms with Gasteiger partial charge in [0.25, 0.3) is 0 Å². The van der Waals surface area contributed by atoms with Gasteiger partial charge in [0.1, 0.15) is 12.8 Å². The van der Waals surface area contributed by atoms with Crippen molar-refractivity contribution in [3.05, 3.63) is 12.3 Å². The quantitative estimate of drug-likeness (QED) is 0.875. The lowest BCUT2D eigenvalue weighted by Crippen LogP contribution is -2.47. The highest BCUT2D eigenvalue weighted by Crippen LogP contribution is 2.08. The van der Waals surface area contributed by atoms with Crippen molar-refractivity contribution in [1.29, 1.82) is 0 Å². The molecule has 3 amide bonds. The monoisotopic (exact) mass is 268 g/mol. The Morgan fingerprint density at radius 3 is 2.63 bits per heavy atom. The summed E-state index contributed by atoms with van der Waals surface area (Å²) < 4.78 is 4.62. The Kier molecular flexibility index (Phi) is 5.35. The van der Waals surface area contributed by atoms with Crippen molar-refractivity contribution < 1.29 is 14.1 Å². The van der Waals surface area contributed by atoms with Gasteiger partial charge in [-0.3, -0.25) is 4.79 Å². The Labute approximate surface area is 112 Å². The van der Waals surface area contributed by atoms with Crippen LogP contribution >= 0.6 is 0 Å². The minimum atomic E-state index is -0.301. The number of amides is 3. The van der Waals surface area contributed by atoms with Crippen LogP contribution in [0.2, 0.25) is 0 Å². The molecule has 0 aliphatic heterocycles. The fourth-order valence-electron chi connectivity index (χ4n) is 1.50. The molecule has 7 heteroatoms. The fraction of sp³-hybridized carbons (Fsp3) is 0.583. The first-order chi connectivity index (χ1) is 8.95. The summed E-state index contributed by atoms with van der Waals surface area (Å²) in [5.74, 6) is 0.0378. The zero-order valence-corrected chi connectivity index (χ0v) is 11.7. The molecule has 0 aliphatic rings. The highest BCUT2D eigenvalue weighted by atomic mass is 16.5. The number of anilines is 1. The smallest absolute Gasteiger partial charge is 0.320 e. The summed E-state index contributed by atoms with van der Waals surface area (Å²) in [6.07, 6.45) is 2.14. The molecule has 0 saturated heterocycles. The second kappa shape index (κ2) is 6.77. The van der Waals surface area contributed by atoms with Crippen LogP contribution in [0, 0.1) is 0 Å². The maximum atomic E-state index is 12.0. The minimum absolute atomic E-state index is 0.0150. The van der Waals surface area contributed by atoms with Crippen LogP contribution < -0.4 is 5.32 Å². The number of hydrogen-bond acceptors (Lipinski definition) is 4. The molecule has 1 aromatic heterocycles. The van der Waals surface area contributed by atoms with Crippen LogP contribution in [0.15, 0.2) is 16.9 Å². The predicted molar refractivity (Wildman–Crippen MR) is 70.7 cm³/mol. The molecule has 19 heavy (non-hydrogen) atoms. The van der Waals surface area contributed by atoms with Crippen molar-refractivity contribution in [3.63, 3.8) is 0 Å². The van der Waals surface area contributed by atoms with E-state index in [0.717, 1.165) is 6.42 Å². The molecule has 0 aliphatic carbocycles. The highest BCUT2D eigenvalue weighted by Gasteiger charge is 2.23. The van der Waals surface area contributed by atoms with Gasteiger partial charge in [0.15, 0.2) is 5.82 Å². The van der Waals surface area contributed by atoms with Crippen molar-refractivity contribution >= 4 is 17.8 Å². The van der Waals surface area contributed by atoms with Gasteiger partial charge in [-0.2, -0.15) is 0 Å². The Hall–Kier alpha value is -2.05. The van der Waals surface area contributed by atoms with E-state index < -0.39 is 0 Å².